The Kier molecular flexibility index (Phi) is 11.9. The van der Waals surface area contributed by atoms with Gasteiger partial charge in [-0.2, -0.15) is 0 Å². The van der Waals surface area contributed by atoms with E-state index in [1.165, 1.54) is 5.56 Å². The van der Waals surface area contributed by atoms with Crippen molar-refractivity contribution >= 4 is 35.8 Å². The van der Waals surface area contributed by atoms with E-state index in [0.29, 0.717) is 24.6 Å². The number of hydrogen-bond donors (Lipinski definition) is 2. The molecule has 0 fully saturated rings. The second-order valence-electron chi connectivity index (χ2n) is 7.68. The number of halogens is 1. The van der Waals surface area contributed by atoms with Crippen LogP contribution in [0.4, 0.5) is 0 Å². The summed E-state index contributed by atoms with van der Waals surface area (Å²) in [4.78, 5) is 19.2. The number of hydrogen-bond acceptors (Lipinski definition) is 4. The zero-order valence-electron chi connectivity index (χ0n) is 18.9. The number of amides is 1. The van der Waals surface area contributed by atoms with Crippen LogP contribution in [0.1, 0.15) is 44.7 Å². The highest BCUT2D eigenvalue weighted by Crippen LogP contribution is 2.33. The van der Waals surface area contributed by atoms with Crippen molar-refractivity contribution < 1.29 is 14.3 Å². The van der Waals surface area contributed by atoms with Gasteiger partial charge in [-0.1, -0.05) is 13.8 Å². The summed E-state index contributed by atoms with van der Waals surface area (Å²) >= 11 is 0. The van der Waals surface area contributed by atoms with E-state index < -0.39 is 0 Å². The number of fused-ring (bicyclic) bond motifs is 1. The summed E-state index contributed by atoms with van der Waals surface area (Å²) in [6.07, 6.45) is 2.14. The third-order valence-electron chi connectivity index (χ3n) is 4.89. The summed E-state index contributed by atoms with van der Waals surface area (Å²) in [5, 5.41) is 6.56. The van der Waals surface area contributed by atoms with Gasteiger partial charge in [0.1, 0.15) is 0 Å². The fraction of sp³-hybridized carbons (Fsp3) is 0.636. The van der Waals surface area contributed by atoms with Crippen molar-refractivity contribution in [2.75, 3.05) is 40.4 Å². The van der Waals surface area contributed by atoms with Crippen LogP contribution < -0.4 is 20.1 Å². The first kappa shape index (κ1) is 26.3. The predicted octanol–water partition coefficient (Wildman–Crippen LogP) is 3.20. The molecule has 30 heavy (non-hydrogen) atoms. The van der Waals surface area contributed by atoms with Gasteiger partial charge in [0.15, 0.2) is 17.5 Å². The van der Waals surface area contributed by atoms with Gasteiger partial charge in [-0.05, 0) is 48.9 Å². The van der Waals surface area contributed by atoms with Crippen molar-refractivity contribution in [2.45, 2.75) is 46.6 Å². The zero-order valence-corrected chi connectivity index (χ0v) is 21.2. The minimum absolute atomic E-state index is 0. The molecule has 2 N–H and O–H groups in total. The molecule has 0 bridgehead atoms. The Balaban J connectivity index is 0.00000450. The summed E-state index contributed by atoms with van der Waals surface area (Å²) < 4.78 is 10.8. The van der Waals surface area contributed by atoms with Crippen LogP contribution in [0.25, 0.3) is 0 Å². The van der Waals surface area contributed by atoms with Crippen LogP contribution in [0.2, 0.25) is 0 Å². The molecule has 0 saturated carbocycles. The molecular weight excluding hydrogens is 495 g/mol. The Labute approximate surface area is 198 Å². The number of nitrogens with zero attached hydrogens (tertiary/aromatic N) is 2. The minimum Gasteiger partial charge on any atom is -0.493 e. The van der Waals surface area contributed by atoms with Gasteiger partial charge >= 0.3 is 0 Å². The van der Waals surface area contributed by atoms with Crippen LogP contribution in [0.3, 0.4) is 0 Å². The van der Waals surface area contributed by atoms with Crippen LogP contribution in [-0.2, 0) is 17.8 Å². The number of aliphatic imine (C=N–C) groups is 1. The molecule has 1 aromatic carbocycles. The van der Waals surface area contributed by atoms with E-state index in [9.17, 15) is 4.79 Å². The van der Waals surface area contributed by atoms with Crippen molar-refractivity contribution in [1.29, 1.82) is 0 Å². The molecule has 1 amide bonds. The third kappa shape index (κ3) is 7.85. The molecule has 1 aliphatic rings. The molecule has 1 aromatic rings. The molecule has 0 aromatic heterocycles. The number of guanidine groups is 1. The maximum Gasteiger partial charge on any atom is 0.222 e. The molecule has 0 unspecified atom stereocenters. The van der Waals surface area contributed by atoms with E-state index in [1.807, 2.05) is 17.0 Å². The molecule has 1 aliphatic heterocycles. The second kappa shape index (κ2) is 13.6. The normalized spacial score (nSPS) is 13.4. The van der Waals surface area contributed by atoms with E-state index in [4.69, 9.17) is 9.47 Å². The molecule has 0 atom stereocenters. The van der Waals surface area contributed by atoms with Crippen molar-refractivity contribution in [3.05, 3.63) is 23.3 Å². The van der Waals surface area contributed by atoms with Crippen molar-refractivity contribution in [3.63, 3.8) is 0 Å². The Morgan fingerprint density at radius 1 is 1.17 bits per heavy atom. The van der Waals surface area contributed by atoms with Crippen molar-refractivity contribution in [2.24, 2.45) is 10.9 Å². The number of methoxy groups -OCH3 is 2. The van der Waals surface area contributed by atoms with Crippen LogP contribution in [0, 0.1) is 5.92 Å². The van der Waals surface area contributed by atoms with Gasteiger partial charge in [-0.3, -0.25) is 9.79 Å². The number of nitrogens with one attached hydrogen (secondary N) is 2. The van der Waals surface area contributed by atoms with Crippen LogP contribution in [-0.4, -0.2) is 57.2 Å². The molecular formula is C22H37IN4O3. The highest BCUT2D eigenvalue weighted by atomic mass is 127. The number of carbonyl (C=O) groups is 1. The Bertz CT molecular complexity index is 710. The molecule has 0 radical (unpaired) electrons. The highest BCUT2D eigenvalue weighted by Gasteiger charge is 2.22. The number of rotatable bonds is 9. The van der Waals surface area contributed by atoms with Gasteiger partial charge in [-0.15, -0.1) is 24.0 Å². The largest absolute Gasteiger partial charge is 0.493 e. The maximum atomic E-state index is 12.7. The van der Waals surface area contributed by atoms with Gasteiger partial charge in [0.25, 0.3) is 0 Å². The van der Waals surface area contributed by atoms with E-state index in [2.05, 4.69) is 36.4 Å². The van der Waals surface area contributed by atoms with Gasteiger partial charge in [-0.25, -0.2) is 0 Å². The zero-order chi connectivity index (χ0) is 21.2. The van der Waals surface area contributed by atoms with Gasteiger partial charge in [0.05, 0.1) is 14.2 Å². The fourth-order valence-electron chi connectivity index (χ4n) is 3.32. The maximum absolute atomic E-state index is 12.7. The summed E-state index contributed by atoms with van der Waals surface area (Å²) in [5.41, 5.74) is 2.36. The van der Waals surface area contributed by atoms with Crippen molar-refractivity contribution in [1.82, 2.24) is 15.5 Å². The van der Waals surface area contributed by atoms with Crippen LogP contribution in [0.5, 0.6) is 11.5 Å². The van der Waals surface area contributed by atoms with Crippen LogP contribution >= 0.6 is 24.0 Å². The lowest BCUT2D eigenvalue weighted by atomic mass is 9.98. The average Bonchev–Trinajstić information content (AvgIpc) is 2.73. The van der Waals surface area contributed by atoms with Crippen LogP contribution in [0.15, 0.2) is 17.1 Å². The molecule has 1 heterocycles. The van der Waals surface area contributed by atoms with Gasteiger partial charge in [0.2, 0.25) is 5.91 Å². The van der Waals surface area contributed by atoms with E-state index in [0.717, 1.165) is 56.3 Å². The fourth-order valence-corrected chi connectivity index (χ4v) is 3.32. The molecule has 170 valence electrons. The lowest BCUT2D eigenvalue weighted by Crippen LogP contribution is -2.39. The van der Waals surface area contributed by atoms with Crippen molar-refractivity contribution in [3.8, 4) is 11.5 Å². The SMILES string of the molecule is CCNC(=NCC(C)C)NCCCC(=O)N1CCc2cc(OC)c(OC)cc2C1.I. The Hall–Kier alpha value is -1.71. The lowest BCUT2D eigenvalue weighted by Gasteiger charge is -2.29. The lowest BCUT2D eigenvalue weighted by molar-refractivity contribution is -0.132. The summed E-state index contributed by atoms with van der Waals surface area (Å²) in [7, 11) is 3.28. The third-order valence-corrected chi connectivity index (χ3v) is 4.89. The summed E-state index contributed by atoms with van der Waals surface area (Å²) in [6.45, 7) is 10.1. The predicted molar refractivity (Wildman–Crippen MR) is 132 cm³/mol. The quantitative estimate of drug-likeness (QED) is 0.221. The summed E-state index contributed by atoms with van der Waals surface area (Å²) in [5.74, 6) is 2.99. The highest BCUT2D eigenvalue weighted by molar-refractivity contribution is 14.0. The standard InChI is InChI=1S/C22H36N4O3.HI/c1-6-23-22(25-14-16(2)3)24-10-7-8-21(27)26-11-9-17-12-19(28-4)20(29-5)13-18(17)15-26;/h12-13,16H,6-11,14-15H2,1-5H3,(H2,23,24,25);1H. The number of ether oxygens (including phenoxy) is 2. The second-order valence-corrected chi connectivity index (χ2v) is 7.68. The Morgan fingerprint density at radius 3 is 2.43 bits per heavy atom. The smallest absolute Gasteiger partial charge is 0.222 e. The molecule has 7 nitrogen and oxygen atoms in total. The molecule has 2 rings (SSSR count). The summed E-state index contributed by atoms with van der Waals surface area (Å²) in [6, 6.07) is 4.02. The van der Waals surface area contributed by atoms with E-state index in [-0.39, 0.29) is 29.9 Å². The molecule has 0 aliphatic carbocycles. The topological polar surface area (TPSA) is 75.2 Å². The van der Waals surface area contributed by atoms with E-state index in [1.54, 1.807) is 14.2 Å². The first-order chi connectivity index (χ1) is 14.0. The van der Waals surface area contributed by atoms with E-state index >= 15 is 0 Å². The first-order valence-corrected chi connectivity index (χ1v) is 10.5. The molecule has 0 spiro atoms. The molecule has 8 heteroatoms. The Morgan fingerprint density at radius 2 is 1.83 bits per heavy atom. The number of benzene rings is 1. The van der Waals surface area contributed by atoms with Gasteiger partial charge < -0.3 is 25.0 Å². The molecule has 0 saturated heterocycles. The minimum atomic E-state index is 0. The monoisotopic (exact) mass is 532 g/mol. The average molecular weight is 532 g/mol. The first-order valence-electron chi connectivity index (χ1n) is 10.5. The van der Waals surface area contributed by atoms with Gasteiger partial charge in [0, 0.05) is 39.1 Å². The number of carbonyl (C=O) groups excluding carboxylic acids is 1.